The van der Waals surface area contributed by atoms with Crippen LogP contribution in [0.1, 0.15) is 0 Å². The summed E-state index contributed by atoms with van der Waals surface area (Å²) in [6, 6.07) is 6.65. The van der Waals surface area contributed by atoms with Crippen molar-refractivity contribution in [3.63, 3.8) is 0 Å². The van der Waals surface area contributed by atoms with Gasteiger partial charge >= 0.3 is 0 Å². The van der Waals surface area contributed by atoms with E-state index in [-0.39, 0.29) is 0 Å². The van der Waals surface area contributed by atoms with Crippen LogP contribution in [-0.4, -0.2) is 19.1 Å². The van der Waals surface area contributed by atoms with E-state index in [0.717, 1.165) is 4.47 Å². The van der Waals surface area contributed by atoms with Crippen LogP contribution in [-0.2, 0) is 0 Å². The van der Waals surface area contributed by atoms with Crippen LogP contribution in [0.25, 0.3) is 0 Å². The molecule has 1 aromatic rings. The summed E-state index contributed by atoms with van der Waals surface area (Å²) in [5, 5.41) is 0. The number of rotatable bonds is 4. The normalized spacial score (nSPS) is 11.4. The lowest BCUT2D eigenvalue weighted by Gasteiger charge is -2.14. The summed E-state index contributed by atoms with van der Waals surface area (Å²) in [6.45, 7) is -1.39. The number of hydrogen-bond acceptors (Lipinski definition) is 2. The molecular formula is C9H10BrF2NO. The SMILES string of the molecule is NCC(F)(F)COc1ccc(Br)cc1. The van der Waals surface area contributed by atoms with Gasteiger partial charge in [-0.05, 0) is 24.3 Å². The molecule has 14 heavy (non-hydrogen) atoms. The highest BCUT2D eigenvalue weighted by molar-refractivity contribution is 9.10. The zero-order valence-corrected chi connectivity index (χ0v) is 8.93. The molecule has 1 aromatic carbocycles. The molecule has 0 aliphatic rings. The predicted octanol–water partition coefficient (Wildman–Crippen LogP) is 2.42. The summed E-state index contributed by atoms with van der Waals surface area (Å²) in [5.41, 5.74) is 4.86. The Kier molecular flexibility index (Phi) is 3.83. The Bertz CT molecular complexity index is 289. The standard InChI is InChI=1S/C9H10BrF2NO/c10-7-1-3-8(4-2-7)14-6-9(11,12)5-13/h1-4H,5-6,13H2. The van der Waals surface area contributed by atoms with E-state index in [9.17, 15) is 8.78 Å². The minimum Gasteiger partial charge on any atom is -0.487 e. The Labute approximate surface area is 89.2 Å². The molecule has 2 N–H and O–H groups in total. The molecule has 0 fully saturated rings. The summed E-state index contributed by atoms with van der Waals surface area (Å²) in [5.74, 6) is -2.56. The van der Waals surface area contributed by atoms with Crippen LogP contribution in [0.15, 0.2) is 28.7 Å². The van der Waals surface area contributed by atoms with Gasteiger partial charge in [0.25, 0.3) is 5.92 Å². The van der Waals surface area contributed by atoms with E-state index in [1.165, 1.54) is 0 Å². The molecule has 0 aliphatic carbocycles. The van der Waals surface area contributed by atoms with Gasteiger partial charge in [-0.2, -0.15) is 0 Å². The van der Waals surface area contributed by atoms with E-state index in [4.69, 9.17) is 10.5 Å². The van der Waals surface area contributed by atoms with Crippen molar-refractivity contribution in [1.82, 2.24) is 0 Å². The second kappa shape index (κ2) is 4.70. The second-order valence-electron chi connectivity index (χ2n) is 2.80. The lowest BCUT2D eigenvalue weighted by Crippen LogP contribution is -2.34. The highest BCUT2D eigenvalue weighted by Crippen LogP contribution is 2.18. The molecule has 5 heteroatoms. The topological polar surface area (TPSA) is 35.2 Å². The van der Waals surface area contributed by atoms with E-state index in [0.29, 0.717) is 5.75 Å². The third-order valence-corrected chi connectivity index (χ3v) is 2.09. The number of hydrogen-bond donors (Lipinski definition) is 1. The zero-order chi connectivity index (χ0) is 10.6. The van der Waals surface area contributed by atoms with E-state index in [1.807, 2.05) is 0 Å². The molecule has 0 aliphatic heterocycles. The van der Waals surface area contributed by atoms with E-state index in [2.05, 4.69) is 15.9 Å². The van der Waals surface area contributed by atoms with Crippen molar-refractivity contribution >= 4 is 15.9 Å². The third kappa shape index (κ3) is 3.59. The van der Waals surface area contributed by atoms with Crippen molar-refractivity contribution in [2.75, 3.05) is 13.2 Å². The Hall–Kier alpha value is -0.680. The van der Waals surface area contributed by atoms with Gasteiger partial charge in [-0.25, -0.2) is 8.78 Å². The molecule has 78 valence electrons. The molecule has 0 amide bonds. The number of nitrogens with two attached hydrogens (primary N) is 1. The lowest BCUT2D eigenvalue weighted by atomic mass is 10.3. The van der Waals surface area contributed by atoms with Crippen LogP contribution in [0.3, 0.4) is 0 Å². The molecule has 0 aromatic heterocycles. The number of halogens is 3. The second-order valence-corrected chi connectivity index (χ2v) is 3.72. The molecule has 0 atom stereocenters. The summed E-state index contributed by atoms with van der Waals surface area (Å²) < 4.78 is 31.1. The van der Waals surface area contributed by atoms with Crippen molar-refractivity contribution in [2.24, 2.45) is 5.73 Å². The summed E-state index contributed by atoms with van der Waals surface area (Å²) in [7, 11) is 0. The van der Waals surface area contributed by atoms with Crippen LogP contribution in [0.2, 0.25) is 0 Å². The van der Waals surface area contributed by atoms with Gasteiger partial charge in [0.1, 0.15) is 5.75 Å². The maximum atomic E-state index is 12.7. The Morgan fingerprint density at radius 3 is 2.36 bits per heavy atom. The Morgan fingerprint density at radius 2 is 1.86 bits per heavy atom. The van der Waals surface area contributed by atoms with Gasteiger partial charge < -0.3 is 10.5 Å². The minimum absolute atomic E-state index is 0.404. The predicted molar refractivity (Wildman–Crippen MR) is 53.6 cm³/mol. The van der Waals surface area contributed by atoms with Gasteiger partial charge in [0.05, 0.1) is 6.54 Å². The average molecular weight is 266 g/mol. The van der Waals surface area contributed by atoms with Crippen LogP contribution in [0.4, 0.5) is 8.78 Å². The Balaban J connectivity index is 2.50. The third-order valence-electron chi connectivity index (χ3n) is 1.56. The van der Waals surface area contributed by atoms with Crippen molar-refractivity contribution in [2.45, 2.75) is 5.92 Å². The lowest BCUT2D eigenvalue weighted by molar-refractivity contribution is -0.0319. The number of benzene rings is 1. The summed E-state index contributed by atoms with van der Waals surface area (Å²) in [4.78, 5) is 0. The maximum Gasteiger partial charge on any atom is 0.293 e. The van der Waals surface area contributed by atoms with E-state index in [1.54, 1.807) is 24.3 Å². The first-order chi connectivity index (χ1) is 6.53. The largest absolute Gasteiger partial charge is 0.487 e. The highest BCUT2D eigenvalue weighted by Gasteiger charge is 2.27. The van der Waals surface area contributed by atoms with Crippen molar-refractivity contribution in [3.8, 4) is 5.75 Å². The zero-order valence-electron chi connectivity index (χ0n) is 7.34. The maximum absolute atomic E-state index is 12.7. The highest BCUT2D eigenvalue weighted by atomic mass is 79.9. The minimum atomic E-state index is -2.97. The summed E-state index contributed by atoms with van der Waals surface area (Å²) >= 11 is 3.23. The van der Waals surface area contributed by atoms with Crippen molar-refractivity contribution < 1.29 is 13.5 Å². The quantitative estimate of drug-likeness (QED) is 0.908. The van der Waals surface area contributed by atoms with E-state index < -0.39 is 19.1 Å². The molecule has 2 nitrogen and oxygen atoms in total. The van der Waals surface area contributed by atoms with Crippen molar-refractivity contribution in [1.29, 1.82) is 0 Å². The van der Waals surface area contributed by atoms with E-state index >= 15 is 0 Å². The molecule has 0 spiro atoms. The fourth-order valence-electron chi connectivity index (χ4n) is 0.779. The molecule has 0 unspecified atom stereocenters. The van der Waals surface area contributed by atoms with Crippen LogP contribution >= 0.6 is 15.9 Å². The van der Waals surface area contributed by atoms with Crippen LogP contribution < -0.4 is 10.5 Å². The van der Waals surface area contributed by atoms with Gasteiger partial charge in [-0.1, -0.05) is 15.9 Å². The molecule has 0 saturated heterocycles. The molecule has 0 heterocycles. The number of alkyl halides is 2. The Morgan fingerprint density at radius 1 is 1.29 bits per heavy atom. The fourth-order valence-corrected chi connectivity index (χ4v) is 1.04. The van der Waals surface area contributed by atoms with Crippen molar-refractivity contribution in [3.05, 3.63) is 28.7 Å². The first-order valence-electron chi connectivity index (χ1n) is 4.00. The monoisotopic (exact) mass is 265 g/mol. The van der Waals surface area contributed by atoms with Gasteiger partial charge in [0, 0.05) is 4.47 Å². The average Bonchev–Trinajstić information content (AvgIpc) is 2.17. The molecule has 0 bridgehead atoms. The van der Waals surface area contributed by atoms with Gasteiger partial charge in [0.2, 0.25) is 0 Å². The molecular weight excluding hydrogens is 256 g/mol. The molecule has 0 radical (unpaired) electrons. The van der Waals surface area contributed by atoms with Gasteiger partial charge in [-0.15, -0.1) is 0 Å². The summed E-state index contributed by atoms with van der Waals surface area (Å²) in [6.07, 6.45) is 0. The molecule has 1 rings (SSSR count). The fraction of sp³-hybridized carbons (Fsp3) is 0.333. The van der Waals surface area contributed by atoms with Gasteiger partial charge in [0.15, 0.2) is 6.61 Å². The number of ether oxygens (including phenoxy) is 1. The van der Waals surface area contributed by atoms with Crippen LogP contribution in [0.5, 0.6) is 5.75 Å². The first kappa shape index (κ1) is 11.4. The smallest absolute Gasteiger partial charge is 0.293 e. The first-order valence-corrected chi connectivity index (χ1v) is 4.79. The van der Waals surface area contributed by atoms with Gasteiger partial charge in [-0.3, -0.25) is 0 Å². The molecule has 0 saturated carbocycles. The van der Waals surface area contributed by atoms with Crippen LogP contribution in [0, 0.1) is 0 Å².